The molecule has 1 unspecified atom stereocenters. The molecule has 0 aliphatic carbocycles. The van der Waals surface area contributed by atoms with Crippen molar-refractivity contribution in [3.63, 3.8) is 0 Å². The SMILES string of the molecule is O=C(O)CN(C(=O)NCc1ccno1)C1CCS(=O)(=O)C1. The van der Waals surface area contributed by atoms with Gasteiger partial charge in [-0.15, -0.1) is 0 Å². The summed E-state index contributed by atoms with van der Waals surface area (Å²) in [5, 5.41) is 14.8. The van der Waals surface area contributed by atoms with Crippen molar-refractivity contribution in [2.45, 2.75) is 19.0 Å². The van der Waals surface area contributed by atoms with Crippen molar-refractivity contribution in [3.05, 3.63) is 18.0 Å². The molecule has 9 nitrogen and oxygen atoms in total. The van der Waals surface area contributed by atoms with E-state index < -0.39 is 34.4 Å². The first-order valence-corrected chi connectivity index (χ1v) is 8.06. The van der Waals surface area contributed by atoms with Crippen LogP contribution in [0.1, 0.15) is 12.2 Å². The standard InChI is InChI=1S/C11H15N3O6S/c15-10(16)6-14(8-2-4-21(18,19)7-8)11(17)12-5-9-1-3-13-20-9/h1,3,8H,2,4-7H2,(H,12,17)(H,15,16). The fourth-order valence-electron chi connectivity index (χ4n) is 2.13. The average Bonchev–Trinajstić information content (AvgIpc) is 3.02. The van der Waals surface area contributed by atoms with E-state index in [0.29, 0.717) is 5.76 Å². The zero-order valence-corrected chi connectivity index (χ0v) is 11.9. The highest BCUT2D eigenvalue weighted by molar-refractivity contribution is 7.91. The van der Waals surface area contributed by atoms with E-state index in [-0.39, 0.29) is 24.5 Å². The molecule has 1 aliphatic heterocycles. The lowest BCUT2D eigenvalue weighted by atomic mass is 10.2. The Hall–Kier alpha value is -2.10. The molecule has 0 aromatic carbocycles. The molecular formula is C11H15N3O6S. The van der Waals surface area contributed by atoms with Gasteiger partial charge in [-0.3, -0.25) is 4.79 Å². The molecular weight excluding hydrogens is 302 g/mol. The number of rotatable bonds is 5. The molecule has 2 amide bonds. The first-order chi connectivity index (χ1) is 9.87. The van der Waals surface area contributed by atoms with Crippen LogP contribution in [0, 0.1) is 0 Å². The van der Waals surface area contributed by atoms with E-state index in [1.54, 1.807) is 6.07 Å². The van der Waals surface area contributed by atoms with Crippen LogP contribution in [0.4, 0.5) is 4.79 Å². The summed E-state index contributed by atoms with van der Waals surface area (Å²) in [5.74, 6) is -1.04. The summed E-state index contributed by atoms with van der Waals surface area (Å²) in [7, 11) is -3.21. The van der Waals surface area contributed by atoms with Crippen LogP contribution in [-0.4, -0.2) is 59.7 Å². The van der Waals surface area contributed by atoms with Crippen molar-refractivity contribution < 1.29 is 27.6 Å². The number of aromatic nitrogens is 1. The topological polar surface area (TPSA) is 130 Å². The Balaban J connectivity index is 2.01. The van der Waals surface area contributed by atoms with Gasteiger partial charge in [-0.05, 0) is 6.42 Å². The lowest BCUT2D eigenvalue weighted by molar-refractivity contribution is -0.138. The molecule has 0 radical (unpaired) electrons. The number of hydrogen-bond acceptors (Lipinski definition) is 6. The first-order valence-electron chi connectivity index (χ1n) is 6.23. The second-order valence-corrected chi connectivity index (χ2v) is 6.94. The molecule has 1 aromatic rings. The van der Waals surface area contributed by atoms with Gasteiger partial charge in [0.2, 0.25) is 0 Å². The van der Waals surface area contributed by atoms with Crippen LogP contribution in [-0.2, 0) is 21.2 Å². The summed E-state index contributed by atoms with van der Waals surface area (Å²) in [6, 6.07) is 0.290. The number of carbonyl (C=O) groups excluding carboxylic acids is 1. The summed E-state index contributed by atoms with van der Waals surface area (Å²) < 4.78 is 27.7. The zero-order chi connectivity index (χ0) is 15.5. The van der Waals surface area contributed by atoms with Crippen molar-refractivity contribution in [1.82, 2.24) is 15.4 Å². The summed E-state index contributed by atoms with van der Waals surface area (Å²) >= 11 is 0. The Bertz CT molecular complexity index is 612. The van der Waals surface area contributed by atoms with Crippen LogP contribution in [0.2, 0.25) is 0 Å². The van der Waals surface area contributed by atoms with Crippen molar-refractivity contribution >= 4 is 21.8 Å². The highest BCUT2D eigenvalue weighted by atomic mass is 32.2. The van der Waals surface area contributed by atoms with E-state index in [1.165, 1.54) is 6.20 Å². The second kappa shape index (κ2) is 6.12. The highest BCUT2D eigenvalue weighted by Crippen LogP contribution is 2.17. The summed E-state index contributed by atoms with van der Waals surface area (Å²) in [4.78, 5) is 24.0. The average molecular weight is 317 g/mol. The summed E-state index contributed by atoms with van der Waals surface area (Å²) in [5.41, 5.74) is 0. The van der Waals surface area contributed by atoms with Gasteiger partial charge >= 0.3 is 12.0 Å². The molecule has 0 bridgehead atoms. The van der Waals surface area contributed by atoms with E-state index >= 15 is 0 Å². The largest absolute Gasteiger partial charge is 0.480 e. The Morgan fingerprint density at radius 1 is 1.52 bits per heavy atom. The summed E-state index contributed by atoms with van der Waals surface area (Å²) in [6.07, 6.45) is 1.66. The van der Waals surface area contributed by atoms with Gasteiger partial charge in [0.25, 0.3) is 0 Å². The number of nitrogens with zero attached hydrogens (tertiary/aromatic N) is 2. The monoisotopic (exact) mass is 317 g/mol. The smallest absolute Gasteiger partial charge is 0.323 e. The quantitative estimate of drug-likeness (QED) is 0.745. The van der Waals surface area contributed by atoms with Crippen molar-refractivity contribution in [2.75, 3.05) is 18.1 Å². The maximum Gasteiger partial charge on any atom is 0.323 e. The molecule has 0 saturated carbocycles. The summed E-state index contributed by atoms with van der Waals surface area (Å²) in [6.45, 7) is -0.503. The van der Waals surface area contributed by atoms with Gasteiger partial charge in [0.05, 0.1) is 24.2 Å². The number of hydrogen-bond donors (Lipinski definition) is 2. The van der Waals surface area contributed by atoms with Gasteiger partial charge in [0.15, 0.2) is 15.6 Å². The number of urea groups is 1. The van der Waals surface area contributed by atoms with Crippen molar-refractivity contribution in [2.24, 2.45) is 0 Å². The molecule has 0 spiro atoms. The van der Waals surface area contributed by atoms with Gasteiger partial charge < -0.3 is 19.8 Å². The number of carboxylic acids is 1. The molecule has 2 rings (SSSR count). The highest BCUT2D eigenvalue weighted by Gasteiger charge is 2.35. The van der Waals surface area contributed by atoms with Gasteiger partial charge in [0, 0.05) is 12.1 Å². The van der Waals surface area contributed by atoms with E-state index in [2.05, 4.69) is 10.5 Å². The zero-order valence-electron chi connectivity index (χ0n) is 11.1. The van der Waals surface area contributed by atoms with Gasteiger partial charge in [-0.2, -0.15) is 0 Å². The minimum atomic E-state index is -3.21. The van der Waals surface area contributed by atoms with Crippen molar-refractivity contribution in [3.8, 4) is 0 Å². The maximum atomic E-state index is 12.1. The number of sulfone groups is 1. The maximum absolute atomic E-state index is 12.1. The normalized spacial score (nSPS) is 20.1. The molecule has 10 heteroatoms. The third kappa shape index (κ3) is 4.18. The Morgan fingerprint density at radius 3 is 2.81 bits per heavy atom. The Morgan fingerprint density at radius 2 is 2.29 bits per heavy atom. The molecule has 2 heterocycles. The fraction of sp³-hybridized carbons (Fsp3) is 0.545. The lowest BCUT2D eigenvalue weighted by Crippen LogP contribution is -2.48. The van der Waals surface area contributed by atoms with E-state index in [0.717, 1.165) is 4.90 Å². The van der Waals surface area contributed by atoms with E-state index in [1.807, 2.05) is 0 Å². The molecule has 21 heavy (non-hydrogen) atoms. The predicted molar refractivity (Wildman–Crippen MR) is 70.1 cm³/mol. The molecule has 1 fully saturated rings. The number of aliphatic carboxylic acids is 1. The molecule has 1 aliphatic rings. The van der Waals surface area contributed by atoms with Gasteiger partial charge in [-0.25, -0.2) is 13.2 Å². The number of carboxylic acid groups (broad SMARTS) is 1. The Kier molecular flexibility index (Phi) is 4.46. The van der Waals surface area contributed by atoms with Crippen LogP contribution >= 0.6 is 0 Å². The minimum Gasteiger partial charge on any atom is -0.480 e. The van der Waals surface area contributed by atoms with Crippen LogP contribution in [0.5, 0.6) is 0 Å². The van der Waals surface area contributed by atoms with Gasteiger partial charge in [0.1, 0.15) is 6.54 Å². The molecule has 2 N–H and O–H groups in total. The van der Waals surface area contributed by atoms with Crippen LogP contribution in [0.3, 0.4) is 0 Å². The first kappa shape index (κ1) is 15.3. The fourth-order valence-corrected chi connectivity index (χ4v) is 3.86. The van der Waals surface area contributed by atoms with Crippen LogP contribution < -0.4 is 5.32 Å². The van der Waals surface area contributed by atoms with Crippen LogP contribution in [0.25, 0.3) is 0 Å². The molecule has 1 aromatic heterocycles. The van der Waals surface area contributed by atoms with Crippen LogP contribution in [0.15, 0.2) is 16.8 Å². The number of amides is 2. The lowest BCUT2D eigenvalue weighted by Gasteiger charge is -2.26. The number of nitrogens with one attached hydrogen (secondary N) is 1. The molecule has 116 valence electrons. The van der Waals surface area contributed by atoms with E-state index in [4.69, 9.17) is 9.63 Å². The molecule has 1 atom stereocenters. The van der Waals surface area contributed by atoms with Crippen molar-refractivity contribution in [1.29, 1.82) is 0 Å². The second-order valence-electron chi connectivity index (χ2n) is 4.72. The van der Waals surface area contributed by atoms with E-state index in [9.17, 15) is 18.0 Å². The number of carbonyl (C=O) groups is 2. The minimum absolute atomic E-state index is 0.0385. The third-order valence-electron chi connectivity index (χ3n) is 3.12. The predicted octanol–water partition coefficient (Wildman–Crippen LogP) is -0.542. The third-order valence-corrected chi connectivity index (χ3v) is 4.87. The Labute approximate surface area is 120 Å². The van der Waals surface area contributed by atoms with Gasteiger partial charge in [-0.1, -0.05) is 5.16 Å². The molecule has 1 saturated heterocycles.